The number of hydrogen-bond acceptors (Lipinski definition) is 2. The van der Waals surface area contributed by atoms with Crippen molar-refractivity contribution >= 4 is 5.97 Å². The largest absolute Gasteiger partial charge is 0.481 e. The van der Waals surface area contributed by atoms with E-state index in [1.165, 1.54) is 0 Å². The van der Waals surface area contributed by atoms with Crippen molar-refractivity contribution in [2.75, 3.05) is 0 Å². The van der Waals surface area contributed by atoms with Crippen LogP contribution in [-0.4, -0.2) is 20.9 Å². The highest BCUT2D eigenvalue weighted by Gasteiger charge is 2.18. The highest BCUT2D eigenvalue weighted by Crippen LogP contribution is 2.18. The molecule has 4 heteroatoms. The first kappa shape index (κ1) is 9.77. The van der Waals surface area contributed by atoms with Gasteiger partial charge in [0.25, 0.3) is 0 Å². The molecule has 1 heterocycles. The number of rotatable bonds is 4. The van der Waals surface area contributed by atoms with Crippen LogP contribution < -0.4 is 0 Å². The maximum absolute atomic E-state index is 10.8. The molecular weight excluding hydrogens is 168 g/mol. The van der Waals surface area contributed by atoms with E-state index in [0.717, 1.165) is 12.1 Å². The standard InChI is InChI=1S/C9H14N2O2/c1-3-8(9(12)13)7-5-10-11(4-2)6-7/h5-6,8H,3-4H2,1-2H3,(H,12,13). The molecule has 1 rings (SSSR count). The zero-order chi connectivity index (χ0) is 9.84. The predicted molar refractivity (Wildman–Crippen MR) is 48.6 cm³/mol. The van der Waals surface area contributed by atoms with Gasteiger partial charge in [0.05, 0.1) is 12.1 Å². The summed E-state index contributed by atoms with van der Waals surface area (Å²) in [5.41, 5.74) is 0.789. The fraction of sp³-hybridized carbons (Fsp3) is 0.556. The summed E-state index contributed by atoms with van der Waals surface area (Å²) in [6.07, 6.45) is 4.03. The van der Waals surface area contributed by atoms with E-state index in [9.17, 15) is 4.79 Å². The normalized spacial score (nSPS) is 12.8. The lowest BCUT2D eigenvalue weighted by Gasteiger charge is -2.05. The van der Waals surface area contributed by atoms with Gasteiger partial charge in [-0.05, 0) is 13.3 Å². The Morgan fingerprint density at radius 3 is 2.77 bits per heavy atom. The first-order chi connectivity index (χ1) is 6.19. The van der Waals surface area contributed by atoms with Gasteiger partial charge >= 0.3 is 5.97 Å². The second-order valence-electron chi connectivity index (χ2n) is 2.93. The molecule has 1 unspecified atom stereocenters. The lowest BCUT2D eigenvalue weighted by Crippen LogP contribution is -2.09. The first-order valence-corrected chi connectivity index (χ1v) is 4.44. The van der Waals surface area contributed by atoms with Crippen molar-refractivity contribution in [1.82, 2.24) is 9.78 Å². The van der Waals surface area contributed by atoms with E-state index in [1.807, 2.05) is 13.8 Å². The summed E-state index contributed by atoms with van der Waals surface area (Å²) >= 11 is 0. The van der Waals surface area contributed by atoms with Gasteiger partial charge in [-0.1, -0.05) is 6.92 Å². The average molecular weight is 182 g/mol. The Kier molecular flexibility index (Phi) is 3.06. The van der Waals surface area contributed by atoms with Crippen molar-refractivity contribution in [2.24, 2.45) is 0 Å². The molecule has 0 bridgehead atoms. The molecule has 0 radical (unpaired) electrons. The fourth-order valence-electron chi connectivity index (χ4n) is 1.29. The van der Waals surface area contributed by atoms with Gasteiger partial charge in [-0.3, -0.25) is 9.48 Å². The summed E-state index contributed by atoms with van der Waals surface area (Å²) in [7, 11) is 0. The third kappa shape index (κ3) is 2.08. The highest BCUT2D eigenvalue weighted by atomic mass is 16.4. The van der Waals surface area contributed by atoms with Gasteiger partial charge in [0.2, 0.25) is 0 Å². The zero-order valence-electron chi connectivity index (χ0n) is 7.90. The van der Waals surface area contributed by atoms with Crippen molar-refractivity contribution in [3.8, 4) is 0 Å². The molecule has 0 spiro atoms. The lowest BCUT2D eigenvalue weighted by atomic mass is 10.0. The Hall–Kier alpha value is -1.32. The number of nitrogens with zero attached hydrogens (tertiary/aromatic N) is 2. The topological polar surface area (TPSA) is 55.1 Å². The summed E-state index contributed by atoms with van der Waals surface area (Å²) in [4.78, 5) is 10.8. The predicted octanol–water partition coefficient (Wildman–Crippen LogP) is 1.48. The molecular formula is C9H14N2O2. The van der Waals surface area contributed by atoms with E-state index >= 15 is 0 Å². The minimum Gasteiger partial charge on any atom is -0.481 e. The lowest BCUT2D eigenvalue weighted by molar-refractivity contribution is -0.138. The second kappa shape index (κ2) is 4.07. The Morgan fingerprint density at radius 2 is 2.38 bits per heavy atom. The van der Waals surface area contributed by atoms with Crippen LogP contribution >= 0.6 is 0 Å². The maximum Gasteiger partial charge on any atom is 0.311 e. The molecule has 1 aromatic heterocycles. The second-order valence-corrected chi connectivity index (χ2v) is 2.93. The van der Waals surface area contributed by atoms with Crippen molar-refractivity contribution < 1.29 is 9.90 Å². The fourth-order valence-corrected chi connectivity index (χ4v) is 1.29. The van der Waals surface area contributed by atoms with Gasteiger partial charge in [0.15, 0.2) is 0 Å². The Balaban J connectivity index is 2.85. The van der Waals surface area contributed by atoms with Crippen LogP contribution in [0.2, 0.25) is 0 Å². The highest BCUT2D eigenvalue weighted by molar-refractivity contribution is 5.75. The van der Waals surface area contributed by atoms with E-state index in [2.05, 4.69) is 5.10 Å². The average Bonchev–Trinajstić information content (AvgIpc) is 2.53. The number of aromatic nitrogens is 2. The van der Waals surface area contributed by atoms with E-state index in [0.29, 0.717) is 6.42 Å². The Bertz CT molecular complexity index is 294. The molecule has 0 saturated heterocycles. The summed E-state index contributed by atoms with van der Waals surface area (Å²) in [5, 5.41) is 12.9. The van der Waals surface area contributed by atoms with Crippen molar-refractivity contribution in [1.29, 1.82) is 0 Å². The number of aliphatic carboxylic acids is 1. The van der Waals surface area contributed by atoms with Crippen LogP contribution in [0.25, 0.3) is 0 Å². The molecule has 0 aliphatic rings. The Morgan fingerprint density at radius 1 is 1.69 bits per heavy atom. The molecule has 72 valence electrons. The number of carboxylic acids is 1. The molecule has 1 atom stereocenters. The van der Waals surface area contributed by atoms with Gasteiger partial charge in [-0.15, -0.1) is 0 Å². The third-order valence-corrected chi connectivity index (χ3v) is 2.09. The molecule has 0 aliphatic heterocycles. The van der Waals surface area contributed by atoms with Crippen LogP contribution in [0, 0.1) is 0 Å². The van der Waals surface area contributed by atoms with Gasteiger partial charge in [0, 0.05) is 18.3 Å². The summed E-state index contributed by atoms with van der Waals surface area (Å²) in [6, 6.07) is 0. The quantitative estimate of drug-likeness (QED) is 0.767. The van der Waals surface area contributed by atoms with Crippen LogP contribution in [0.1, 0.15) is 31.7 Å². The van der Waals surface area contributed by atoms with E-state index in [1.54, 1.807) is 17.1 Å². The van der Waals surface area contributed by atoms with Gasteiger partial charge in [-0.2, -0.15) is 5.10 Å². The van der Waals surface area contributed by atoms with Gasteiger partial charge in [0.1, 0.15) is 0 Å². The van der Waals surface area contributed by atoms with Gasteiger partial charge in [-0.25, -0.2) is 0 Å². The van der Waals surface area contributed by atoms with Crippen molar-refractivity contribution in [3.05, 3.63) is 18.0 Å². The molecule has 0 aliphatic carbocycles. The van der Waals surface area contributed by atoms with E-state index < -0.39 is 11.9 Å². The van der Waals surface area contributed by atoms with Crippen LogP contribution in [0.5, 0.6) is 0 Å². The van der Waals surface area contributed by atoms with Crippen LogP contribution in [-0.2, 0) is 11.3 Å². The molecule has 1 N–H and O–H groups in total. The zero-order valence-corrected chi connectivity index (χ0v) is 7.90. The first-order valence-electron chi connectivity index (χ1n) is 4.44. The summed E-state index contributed by atoms with van der Waals surface area (Å²) < 4.78 is 1.74. The minimum absolute atomic E-state index is 0.416. The maximum atomic E-state index is 10.8. The number of aryl methyl sites for hydroxylation is 1. The molecule has 0 saturated carbocycles. The van der Waals surface area contributed by atoms with Gasteiger partial charge < -0.3 is 5.11 Å². The summed E-state index contributed by atoms with van der Waals surface area (Å²) in [6.45, 7) is 4.61. The SMILES string of the molecule is CCC(C(=O)O)c1cnn(CC)c1. The number of carboxylic acid groups (broad SMARTS) is 1. The molecule has 13 heavy (non-hydrogen) atoms. The minimum atomic E-state index is -0.779. The molecule has 4 nitrogen and oxygen atoms in total. The smallest absolute Gasteiger partial charge is 0.311 e. The van der Waals surface area contributed by atoms with Crippen molar-refractivity contribution in [3.63, 3.8) is 0 Å². The number of hydrogen-bond donors (Lipinski definition) is 1. The summed E-state index contributed by atoms with van der Waals surface area (Å²) in [5.74, 6) is -1.20. The Labute approximate surface area is 77.2 Å². The van der Waals surface area contributed by atoms with Crippen LogP contribution in [0.3, 0.4) is 0 Å². The molecule has 0 amide bonds. The molecule has 0 aromatic carbocycles. The molecule has 0 fully saturated rings. The van der Waals surface area contributed by atoms with Crippen molar-refractivity contribution in [2.45, 2.75) is 32.7 Å². The van der Waals surface area contributed by atoms with Crippen LogP contribution in [0.4, 0.5) is 0 Å². The molecule has 1 aromatic rings. The monoisotopic (exact) mass is 182 g/mol. The van der Waals surface area contributed by atoms with Crippen LogP contribution in [0.15, 0.2) is 12.4 Å². The third-order valence-electron chi connectivity index (χ3n) is 2.09. The number of carbonyl (C=O) groups is 1. The van der Waals surface area contributed by atoms with E-state index in [-0.39, 0.29) is 0 Å². The van der Waals surface area contributed by atoms with E-state index in [4.69, 9.17) is 5.11 Å².